The molecule has 2 aromatic carbocycles. The van der Waals surface area contributed by atoms with E-state index in [4.69, 9.17) is 33.3 Å². The van der Waals surface area contributed by atoms with Gasteiger partial charge in [0.25, 0.3) is 11.8 Å². The van der Waals surface area contributed by atoms with Crippen LogP contribution in [0.3, 0.4) is 0 Å². The van der Waals surface area contributed by atoms with Gasteiger partial charge in [-0.05, 0) is 76.8 Å². The topological polar surface area (TPSA) is 67.9 Å². The Balaban J connectivity index is 2.02. The van der Waals surface area contributed by atoms with Gasteiger partial charge in [0.15, 0.2) is 16.6 Å². The highest BCUT2D eigenvalue weighted by Crippen LogP contribution is 2.35. The molecule has 30 heavy (non-hydrogen) atoms. The number of ether oxygens (including phenoxy) is 2. The Morgan fingerprint density at radius 3 is 2.73 bits per heavy atom. The van der Waals surface area contributed by atoms with Crippen molar-refractivity contribution in [3.05, 3.63) is 68.8 Å². The first-order valence-electron chi connectivity index (χ1n) is 8.64. The number of hydrogen-bond acceptors (Lipinski definition) is 5. The molecule has 0 aliphatic carbocycles. The lowest BCUT2D eigenvalue weighted by Crippen LogP contribution is -2.54. The number of carbonyl (C=O) groups excluding carboxylic acids is 2. The van der Waals surface area contributed by atoms with Crippen molar-refractivity contribution in [2.75, 3.05) is 18.6 Å². The maximum atomic E-state index is 13.1. The molecule has 0 atom stereocenters. The number of carbonyl (C=O) groups is 2. The van der Waals surface area contributed by atoms with E-state index in [0.717, 1.165) is 3.57 Å². The molecular formula is C21H16ClIN2O4S. The maximum Gasteiger partial charge on any atom is 0.270 e. The van der Waals surface area contributed by atoms with Crippen molar-refractivity contribution in [1.29, 1.82) is 0 Å². The Morgan fingerprint density at radius 1 is 1.30 bits per heavy atom. The first-order valence-corrected chi connectivity index (χ1v) is 10.5. The molecule has 0 unspecified atom stereocenters. The number of anilines is 1. The van der Waals surface area contributed by atoms with E-state index in [0.29, 0.717) is 34.4 Å². The summed E-state index contributed by atoms with van der Waals surface area (Å²) in [5.74, 6) is -0.0981. The van der Waals surface area contributed by atoms with E-state index in [2.05, 4.69) is 34.5 Å². The van der Waals surface area contributed by atoms with E-state index in [1.807, 2.05) is 0 Å². The molecule has 1 heterocycles. The van der Waals surface area contributed by atoms with Gasteiger partial charge >= 0.3 is 0 Å². The van der Waals surface area contributed by atoms with Crippen LogP contribution in [0.2, 0.25) is 5.02 Å². The Morgan fingerprint density at radius 2 is 2.07 bits per heavy atom. The normalized spacial score (nSPS) is 15.2. The first-order chi connectivity index (χ1) is 14.3. The molecule has 1 N–H and O–H groups in total. The number of benzene rings is 2. The number of nitrogens with zero attached hydrogens (tertiary/aromatic N) is 1. The van der Waals surface area contributed by atoms with E-state index in [-0.39, 0.29) is 10.7 Å². The van der Waals surface area contributed by atoms with E-state index in [1.165, 1.54) is 18.1 Å². The molecule has 154 valence electrons. The van der Waals surface area contributed by atoms with Crippen LogP contribution in [-0.2, 0) is 9.59 Å². The van der Waals surface area contributed by atoms with Crippen LogP contribution in [0.15, 0.2) is 54.6 Å². The lowest BCUT2D eigenvalue weighted by molar-refractivity contribution is -0.122. The van der Waals surface area contributed by atoms with Crippen LogP contribution in [0.1, 0.15) is 5.56 Å². The third-order valence-corrected chi connectivity index (χ3v) is 5.40. The van der Waals surface area contributed by atoms with Crippen molar-refractivity contribution in [3.8, 4) is 11.5 Å². The Labute approximate surface area is 197 Å². The maximum absolute atomic E-state index is 13.1. The van der Waals surface area contributed by atoms with Crippen LogP contribution in [0.5, 0.6) is 11.5 Å². The second-order valence-electron chi connectivity index (χ2n) is 6.07. The van der Waals surface area contributed by atoms with Crippen molar-refractivity contribution < 1.29 is 19.1 Å². The molecule has 0 saturated carbocycles. The molecule has 1 saturated heterocycles. The van der Waals surface area contributed by atoms with Crippen LogP contribution in [0, 0.1) is 3.57 Å². The molecule has 2 amide bonds. The highest BCUT2D eigenvalue weighted by Gasteiger charge is 2.34. The van der Waals surface area contributed by atoms with Gasteiger partial charge in [-0.15, -0.1) is 0 Å². The predicted molar refractivity (Wildman–Crippen MR) is 129 cm³/mol. The second kappa shape index (κ2) is 9.59. The monoisotopic (exact) mass is 554 g/mol. The van der Waals surface area contributed by atoms with E-state index < -0.39 is 11.8 Å². The summed E-state index contributed by atoms with van der Waals surface area (Å²) in [4.78, 5) is 26.8. The molecule has 0 radical (unpaired) electrons. The van der Waals surface area contributed by atoms with Gasteiger partial charge in [0, 0.05) is 5.02 Å². The molecule has 0 spiro atoms. The third-order valence-electron chi connectivity index (χ3n) is 4.08. The van der Waals surface area contributed by atoms with E-state index in [9.17, 15) is 9.59 Å². The van der Waals surface area contributed by atoms with Gasteiger partial charge < -0.3 is 9.47 Å². The summed E-state index contributed by atoms with van der Waals surface area (Å²) in [5, 5.41) is 2.98. The van der Waals surface area contributed by atoms with Gasteiger partial charge in [-0.3, -0.25) is 19.8 Å². The summed E-state index contributed by atoms with van der Waals surface area (Å²) in [6.07, 6.45) is 3.11. The molecule has 3 rings (SSSR count). The molecule has 9 heteroatoms. The summed E-state index contributed by atoms with van der Waals surface area (Å²) >= 11 is 13.3. The fourth-order valence-corrected chi connectivity index (χ4v) is 4.03. The quantitative estimate of drug-likeness (QED) is 0.189. The van der Waals surface area contributed by atoms with Crippen molar-refractivity contribution in [2.24, 2.45) is 0 Å². The minimum absolute atomic E-state index is 0.00949. The fraction of sp³-hybridized carbons (Fsp3) is 0.0952. The van der Waals surface area contributed by atoms with Gasteiger partial charge in [-0.1, -0.05) is 30.3 Å². The lowest BCUT2D eigenvalue weighted by atomic mass is 10.1. The first kappa shape index (κ1) is 22.3. The van der Waals surface area contributed by atoms with Gasteiger partial charge in [-0.2, -0.15) is 0 Å². The Hall–Kier alpha value is -2.43. The number of nitrogens with one attached hydrogen (secondary N) is 1. The van der Waals surface area contributed by atoms with Crippen LogP contribution in [0.25, 0.3) is 6.08 Å². The zero-order chi connectivity index (χ0) is 21.8. The van der Waals surface area contributed by atoms with Crippen LogP contribution in [0.4, 0.5) is 5.69 Å². The van der Waals surface area contributed by atoms with Crippen molar-refractivity contribution in [2.45, 2.75) is 0 Å². The number of methoxy groups -OCH3 is 1. The number of hydrogen-bond donors (Lipinski definition) is 1. The molecule has 1 aliphatic rings. The summed E-state index contributed by atoms with van der Waals surface area (Å²) in [7, 11) is 1.51. The third kappa shape index (κ3) is 4.66. The number of halogens is 2. The lowest BCUT2D eigenvalue weighted by Gasteiger charge is -2.29. The zero-order valence-electron chi connectivity index (χ0n) is 15.8. The Bertz CT molecular complexity index is 1090. The molecule has 6 nitrogen and oxygen atoms in total. The Kier molecular flexibility index (Phi) is 7.11. The summed E-state index contributed by atoms with van der Waals surface area (Å²) in [5.41, 5.74) is 0.990. The highest BCUT2D eigenvalue weighted by molar-refractivity contribution is 14.1. The van der Waals surface area contributed by atoms with Crippen molar-refractivity contribution in [3.63, 3.8) is 0 Å². The standard InChI is InChI=1S/C21H16ClIN2O4S/c1-3-7-29-18-16(23)9-12(10-17(18)28-2)8-15-19(26)24-21(30)25(20(15)27)14-6-4-5-13(22)11-14/h3-6,8-11H,1,7H2,2H3,(H,24,26,30)/b15-8+. The molecule has 0 bridgehead atoms. The van der Waals surface area contributed by atoms with Crippen molar-refractivity contribution in [1.82, 2.24) is 5.32 Å². The van der Waals surface area contributed by atoms with Gasteiger partial charge in [0.05, 0.1) is 16.4 Å². The minimum Gasteiger partial charge on any atom is -0.493 e. The van der Waals surface area contributed by atoms with Crippen LogP contribution < -0.4 is 19.7 Å². The zero-order valence-corrected chi connectivity index (χ0v) is 19.5. The molecular weight excluding hydrogens is 539 g/mol. The van der Waals surface area contributed by atoms with Crippen LogP contribution in [-0.4, -0.2) is 30.6 Å². The summed E-state index contributed by atoms with van der Waals surface area (Å²) in [6.45, 7) is 3.95. The van der Waals surface area contributed by atoms with Gasteiger partial charge in [0.1, 0.15) is 12.2 Å². The smallest absolute Gasteiger partial charge is 0.270 e. The highest BCUT2D eigenvalue weighted by atomic mass is 127. The summed E-state index contributed by atoms with van der Waals surface area (Å²) in [6, 6.07) is 10.1. The molecule has 0 aromatic heterocycles. The average molecular weight is 555 g/mol. The van der Waals surface area contributed by atoms with Gasteiger partial charge in [-0.25, -0.2) is 0 Å². The fourth-order valence-electron chi connectivity index (χ4n) is 2.78. The van der Waals surface area contributed by atoms with Crippen molar-refractivity contribution >= 4 is 75.1 Å². The largest absolute Gasteiger partial charge is 0.493 e. The number of amides is 2. The molecule has 2 aromatic rings. The molecule has 1 fully saturated rings. The summed E-state index contributed by atoms with van der Waals surface area (Å²) < 4.78 is 11.8. The van der Waals surface area contributed by atoms with Gasteiger partial charge in [0.2, 0.25) is 0 Å². The second-order valence-corrected chi connectivity index (χ2v) is 8.06. The van der Waals surface area contributed by atoms with E-state index in [1.54, 1.807) is 42.5 Å². The van der Waals surface area contributed by atoms with Crippen LogP contribution >= 0.6 is 46.4 Å². The number of thiocarbonyl (C=S) groups is 1. The predicted octanol–water partition coefficient (Wildman–Crippen LogP) is 4.35. The minimum atomic E-state index is -0.579. The average Bonchev–Trinajstić information content (AvgIpc) is 2.70. The van der Waals surface area contributed by atoms with E-state index >= 15 is 0 Å². The number of rotatable bonds is 6. The molecule has 1 aliphatic heterocycles. The SMILES string of the molecule is C=CCOc1c(I)cc(/C=C2\C(=O)NC(=S)N(c3cccc(Cl)c3)C2=O)cc1OC.